The maximum atomic E-state index is 13.5. The van der Waals surface area contributed by atoms with Gasteiger partial charge in [0.15, 0.2) is 0 Å². The molecule has 9 nitrogen and oxygen atoms in total. The standard InChI is InChI=1S/C26H22Cl2N8OS/c1-34-9-11-35(12-10-34)17-7-5-16(6-8-17)31-26-30-13-18-22(32-26)23(21-14-29-15-38-21)33-36(25(18)37)24-19(27)3-2-4-20(24)28/h2-8,13-15H,9-12H2,1H3,(H,30,31,32). The summed E-state index contributed by atoms with van der Waals surface area (Å²) >= 11 is 14.2. The molecule has 0 aliphatic carbocycles. The van der Waals surface area contributed by atoms with Crippen molar-refractivity contribution in [2.45, 2.75) is 0 Å². The van der Waals surface area contributed by atoms with Crippen LogP contribution < -0.4 is 15.8 Å². The van der Waals surface area contributed by atoms with E-state index in [1.54, 1.807) is 29.9 Å². The Bertz CT molecular complexity index is 1650. The minimum Gasteiger partial charge on any atom is -0.369 e. The van der Waals surface area contributed by atoms with E-state index in [0.29, 0.717) is 32.9 Å². The molecule has 4 heterocycles. The molecule has 0 bridgehead atoms. The fourth-order valence-electron chi connectivity index (χ4n) is 4.38. The summed E-state index contributed by atoms with van der Waals surface area (Å²) in [7, 11) is 2.14. The molecule has 6 rings (SSSR count). The maximum Gasteiger partial charge on any atom is 0.282 e. The van der Waals surface area contributed by atoms with Crippen molar-refractivity contribution in [1.82, 2.24) is 29.6 Å². The number of nitrogens with zero attached hydrogens (tertiary/aromatic N) is 7. The number of nitrogens with one attached hydrogen (secondary N) is 1. The Kier molecular flexibility index (Phi) is 6.71. The van der Waals surface area contributed by atoms with Crippen LogP contribution in [-0.2, 0) is 0 Å². The number of rotatable bonds is 5. The monoisotopic (exact) mass is 564 g/mol. The van der Waals surface area contributed by atoms with E-state index in [1.807, 2.05) is 12.1 Å². The van der Waals surface area contributed by atoms with Gasteiger partial charge in [-0.25, -0.2) is 9.97 Å². The normalized spacial score (nSPS) is 14.2. The molecule has 1 aliphatic rings. The van der Waals surface area contributed by atoms with Gasteiger partial charge < -0.3 is 15.1 Å². The van der Waals surface area contributed by atoms with Crippen LogP contribution in [0.4, 0.5) is 17.3 Å². The number of thiazole rings is 1. The summed E-state index contributed by atoms with van der Waals surface area (Å²) in [6.07, 6.45) is 3.18. The van der Waals surface area contributed by atoms with Crippen LogP contribution in [0.15, 0.2) is 65.2 Å². The number of likely N-dealkylation sites (N-methyl/N-ethyl adjacent to an activating group) is 1. The van der Waals surface area contributed by atoms with Crippen LogP contribution in [0.2, 0.25) is 10.0 Å². The summed E-state index contributed by atoms with van der Waals surface area (Å²) < 4.78 is 1.20. The first-order valence-corrected chi connectivity index (χ1v) is 13.6. The number of fused-ring (bicyclic) bond motifs is 1. The molecule has 0 spiro atoms. The zero-order valence-corrected chi connectivity index (χ0v) is 22.6. The van der Waals surface area contributed by atoms with Crippen LogP contribution in [0.25, 0.3) is 27.2 Å². The number of hydrogen-bond donors (Lipinski definition) is 1. The SMILES string of the molecule is CN1CCN(c2ccc(Nc3ncc4c(=O)n(-c5c(Cl)cccc5Cl)nc(-c5cncs5)c4n3)cc2)CC1. The fraction of sp³-hybridized carbons (Fsp3) is 0.192. The molecule has 1 fully saturated rings. The van der Waals surface area contributed by atoms with Crippen LogP contribution >= 0.6 is 34.5 Å². The quantitative estimate of drug-likeness (QED) is 0.315. The Morgan fingerprint density at radius 3 is 2.39 bits per heavy atom. The number of hydrogen-bond acceptors (Lipinski definition) is 9. The summed E-state index contributed by atoms with van der Waals surface area (Å²) in [6.45, 7) is 4.10. The van der Waals surface area contributed by atoms with E-state index in [1.165, 1.54) is 27.9 Å². The van der Waals surface area contributed by atoms with Crippen LogP contribution in [-0.4, -0.2) is 62.9 Å². The highest BCUT2D eigenvalue weighted by atomic mass is 35.5. The highest BCUT2D eigenvalue weighted by Gasteiger charge is 2.20. The molecule has 0 atom stereocenters. The zero-order chi connectivity index (χ0) is 26.2. The second-order valence-corrected chi connectivity index (χ2v) is 10.6. The fourth-order valence-corrected chi connectivity index (χ4v) is 5.54. The molecule has 1 aliphatic heterocycles. The molecule has 12 heteroatoms. The molecule has 0 amide bonds. The van der Waals surface area contributed by atoms with E-state index in [4.69, 9.17) is 23.2 Å². The number of piperazine rings is 1. The first-order valence-electron chi connectivity index (χ1n) is 11.9. The summed E-state index contributed by atoms with van der Waals surface area (Å²) in [5, 5.41) is 8.78. The molecule has 5 aromatic rings. The van der Waals surface area contributed by atoms with Gasteiger partial charge in [-0.2, -0.15) is 9.78 Å². The predicted octanol–water partition coefficient (Wildman–Crippen LogP) is 5.10. The molecule has 0 radical (unpaired) electrons. The van der Waals surface area contributed by atoms with Crippen molar-refractivity contribution >= 4 is 62.8 Å². The predicted molar refractivity (Wildman–Crippen MR) is 153 cm³/mol. The van der Waals surface area contributed by atoms with Gasteiger partial charge in [0.05, 0.1) is 25.8 Å². The molecule has 3 aromatic heterocycles. The molecule has 2 aromatic carbocycles. The summed E-state index contributed by atoms with van der Waals surface area (Å²) in [5.74, 6) is 0.352. The van der Waals surface area contributed by atoms with Crippen molar-refractivity contribution in [3.8, 4) is 16.3 Å². The lowest BCUT2D eigenvalue weighted by Gasteiger charge is -2.34. The van der Waals surface area contributed by atoms with E-state index in [0.717, 1.165) is 36.7 Å². The third-order valence-corrected chi connectivity index (χ3v) is 7.83. The Morgan fingerprint density at radius 2 is 1.71 bits per heavy atom. The average Bonchev–Trinajstić information content (AvgIpc) is 3.46. The second kappa shape index (κ2) is 10.3. The molecule has 38 heavy (non-hydrogen) atoms. The first-order chi connectivity index (χ1) is 18.5. The van der Waals surface area contributed by atoms with Crippen molar-refractivity contribution in [2.75, 3.05) is 43.4 Å². The smallest absolute Gasteiger partial charge is 0.282 e. The van der Waals surface area contributed by atoms with Gasteiger partial charge in [0, 0.05) is 49.9 Å². The highest BCUT2D eigenvalue weighted by molar-refractivity contribution is 7.13. The third-order valence-electron chi connectivity index (χ3n) is 6.44. The Morgan fingerprint density at radius 1 is 0.974 bits per heavy atom. The van der Waals surface area contributed by atoms with Gasteiger partial charge in [0.25, 0.3) is 5.56 Å². The van der Waals surface area contributed by atoms with Gasteiger partial charge in [-0.15, -0.1) is 11.3 Å². The van der Waals surface area contributed by atoms with Gasteiger partial charge in [-0.3, -0.25) is 9.78 Å². The van der Waals surface area contributed by atoms with E-state index in [-0.39, 0.29) is 5.39 Å². The lowest BCUT2D eigenvalue weighted by atomic mass is 10.2. The van der Waals surface area contributed by atoms with Gasteiger partial charge in [0.2, 0.25) is 5.95 Å². The molecule has 192 valence electrons. The van der Waals surface area contributed by atoms with Crippen molar-refractivity contribution < 1.29 is 0 Å². The van der Waals surface area contributed by atoms with Crippen LogP contribution in [0.1, 0.15) is 0 Å². The van der Waals surface area contributed by atoms with Crippen molar-refractivity contribution in [3.63, 3.8) is 0 Å². The van der Waals surface area contributed by atoms with Crippen molar-refractivity contribution in [1.29, 1.82) is 0 Å². The molecule has 1 N–H and O–H groups in total. The van der Waals surface area contributed by atoms with Gasteiger partial charge in [-0.1, -0.05) is 29.3 Å². The Hall–Kier alpha value is -3.57. The van der Waals surface area contributed by atoms with Gasteiger partial charge in [-0.05, 0) is 43.4 Å². The van der Waals surface area contributed by atoms with Gasteiger partial charge >= 0.3 is 0 Å². The Labute approximate surface area is 232 Å². The van der Waals surface area contributed by atoms with E-state index < -0.39 is 5.56 Å². The molecular weight excluding hydrogens is 543 g/mol. The van der Waals surface area contributed by atoms with Crippen LogP contribution in [0.3, 0.4) is 0 Å². The van der Waals surface area contributed by atoms with Crippen molar-refractivity contribution in [3.05, 3.63) is 80.8 Å². The number of benzene rings is 2. The topological polar surface area (TPSA) is 92.1 Å². The minimum absolute atomic E-state index is 0.287. The molecule has 0 unspecified atom stereocenters. The lowest BCUT2D eigenvalue weighted by molar-refractivity contribution is 0.313. The number of halogens is 2. The largest absolute Gasteiger partial charge is 0.369 e. The van der Waals surface area contributed by atoms with Crippen LogP contribution in [0.5, 0.6) is 0 Å². The summed E-state index contributed by atoms with van der Waals surface area (Å²) in [6, 6.07) is 13.2. The summed E-state index contributed by atoms with van der Waals surface area (Å²) in [5.41, 5.74) is 4.48. The summed E-state index contributed by atoms with van der Waals surface area (Å²) in [4.78, 5) is 32.2. The minimum atomic E-state index is -0.425. The first kappa shape index (κ1) is 24.7. The van der Waals surface area contributed by atoms with Crippen LogP contribution in [0, 0.1) is 0 Å². The van der Waals surface area contributed by atoms with E-state index in [9.17, 15) is 4.79 Å². The maximum absolute atomic E-state index is 13.5. The third kappa shape index (κ3) is 4.71. The second-order valence-electron chi connectivity index (χ2n) is 8.92. The van der Waals surface area contributed by atoms with Crippen molar-refractivity contribution in [2.24, 2.45) is 0 Å². The average molecular weight is 565 g/mol. The lowest BCUT2D eigenvalue weighted by Crippen LogP contribution is -2.44. The van der Waals surface area contributed by atoms with E-state index >= 15 is 0 Å². The van der Waals surface area contributed by atoms with Gasteiger partial charge in [0.1, 0.15) is 16.9 Å². The number of anilines is 3. The number of aromatic nitrogens is 5. The zero-order valence-electron chi connectivity index (χ0n) is 20.3. The Balaban J connectivity index is 1.38. The molecule has 1 saturated heterocycles. The molecular formula is C26H22Cl2N8OS. The molecule has 0 saturated carbocycles. The highest BCUT2D eigenvalue weighted by Crippen LogP contribution is 2.31. The number of para-hydroxylation sites is 1. The van der Waals surface area contributed by atoms with E-state index in [2.05, 4.69) is 54.3 Å².